The molecule has 0 atom stereocenters. The first kappa shape index (κ1) is 17.4. The Labute approximate surface area is 113 Å². The van der Waals surface area contributed by atoms with Gasteiger partial charge in [0.05, 0.1) is 13.0 Å². The standard InChI is InChI=1S/C13H24N2O4/c1-12(2,3)15-10(17)8-14-9(16)6-13(4,5)7-11(18)19/h6-8H2,1-5H3,(H,14,16)(H,15,17)(H,18,19). The van der Waals surface area contributed by atoms with E-state index in [2.05, 4.69) is 10.6 Å². The maximum Gasteiger partial charge on any atom is 0.303 e. The lowest BCUT2D eigenvalue weighted by molar-refractivity contribution is -0.140. The Morgan fingerprint density at radius 3 is 1.89 bits per heavy atom. The zero-order chi connectivity index (χ0) is 15.3. The topological polar surface area (TPSA) is 95.5 Å². The molecule has 110 valence electrons. The second-order valence-electron chi connectivity index (χ2n) is 6.49. The molecule has 0 unspecified atom stereocenters. The van der Waals surface area contributed by atoms with Crippen LogP contribution in [0.4, 0.5) is 0 Å². The molecule has 0 spiro atoms. The molecule has 0 rings (SSSR count). The average Bonchev–Trinajstić information content (AvgIpc) is 2.08. The van der Waals surface area contributed by atoms with Crippen molar-refractivity contribution in [2.24, 2.45) is 5.41 Å². The summed E-state index contributed by atoms with van der Waals surface area (Å²) in [5.41, 5.74) is -0.971. The minimum Gasteiger partial charge on any atom is -0.481 e. The molecule has 19 heavy (non-hydrogen) atoms. The smallest absolute Gasteiger partial charge is 0.303 e. The third-order valence-corrected chi connectivity index (χ3v) is 2.23. The fraction of sp³-hybridized carbons (Fsp3) is 0.769. The van der Waals surface area contributed by atoms with Crippen LogP contribution in [0.1, 0.15) is 47.5 Å². The Morgan fingerprint density at radius 1 is 0.947 bits per heavy atom. The van der Waals surface area contributed by atoms with E-state index in [1.165, 1.54) is 0 Å². The number of hydrogen-bond acceptors (Lipinski definition) is 3. The summed E-state index contributed by atoms with van der Waals surface area (Å²) in [4.78, 5) is 33.7. The maximum absolute atomic E-state index is 11.6. The van der Waals surface area contributed by atoms with E-state index in [1.807, 2.05) is 20.8 Å². The molecule has 6 nitrogen and oxygen atoms in total. The minimum atomic E-state index is -0.941. The van der Waals surface area contributed by atoms with Gasteiger partial charge in [-0.1, -0.05) is 13.8 Å². The van der Waals surface area contributed by atoms with Crippen molar-refractivity contribution < 1.29 is 19.5 Å². The number of amides is 2. The quantitative estimate of drug-likeness (QED) is 0.669. The minimum absolute atomic E-state index is 0.0715. The summed E-state index contributed by atoms with van der Waals surface area (Å²) in [5, 5.41) is 13.9. The van der Waals surface area contributed by atoms with Crippen molar-refractivity contribution in [2.45, 2.75) is 53.0 Å². The summed E-state index contributed by atoms with van der Waals surface area (Å²) in [6.45, 7) is 8.86. The number of carbonyl (C=O) groups excluding carboxylic acids is 2. The number of nitrogens with one attached hydrogen (secondary N) is 2. The van der Waals surface area contributed by atoms with E-state index in [0.717, 1.165) is 0 Å². The predicted molar refractivity (Wildman–Crippen MR) is 71.6 cm³/mol. The molecule has 0 heterocycles. The van der Waals surface area contributed by atoms with Crippen LogP contribution in [0, 0.1) is 5.41 Å². The van der Waals surface area contributed by atoms with Crippen molar-refractivity contribution >= 4 is 17.8 Å². The van der Waals surface area contributed by atoms with Gasteiger partial charge in [0, 0.05) is 12.0 Å². The molecule has 0 bridgehead atoms. The van der Waals surface area contributed by atoms with E-state index in [-0.39, 0.29) is 36.7 Å². The maximum atomic E-state index is 11.6. The van der Waals surface area contributed by atoms with E-state index in [9.17, 15) is 14.4 Å². The zero-order valence-electron chi connectivity index (χ0n) is 12.3. The van der Waals surface area contributed by atoms with Crippen molar-refractivity contribution in [1.82, 2.24) is 10.6 Å². The van der Waals surface area contributed by atoms with Crippen molar-refractivity contribution in [3.8, 4) is 0 Å². The van der Waals surface area contributed by atoms with E-state index in [1.54, 1.807) is 13.8 Å². The molecule has 0 aromatic heterocycles. The van der Waals surface area contributed by atoms with Gasteiger partial charge in [-0.05, 0) is 26.2 Å². The highest BCUT2D eigenvalue weighted by molar-refractivity contribution is 5.85. The van der Waals surface area contributed by atoms with Crippen LogP contribution in [-0.4, -0.2) is 35.0 Å². The number of carbonyl (C=O) groups is 3. The van der Waals surface area contributed by atoms with E-state index >= 15 is 0 Å². The highest BCUT2D eigenvalue weighted by Crippen LogP contribution is 2.24. The lowest BCUT2D eigenvalue weighted by atomic mass is 9.85. The summed E-state index contributed by atoms with van der Waals surface area (Å²) >= 11 is 0. The van der Waals surface area contributed by atoms with Crippen molar-refractivity contribution in [3.63, 3.8) is 0 Å². The Hall–Kier alpha value is -1.59. The Morgan fingerprint density at radius 2 is 1.47 bits per heavy atom. The fourth-order valence-electron chi connectivity index (χ4n) is 1.61. The van der Waals surface area contributed by atoms with Crippen LogP contribution in [0.2, 0.25) is 0 Å². The predicted octanol–water partition coefficient (Wildman–Crippen LogP) is 0.908. The Bertz CT molecular complexity index is 356. The number of carboxylic acid groups (broad SMARTS) is 1. The van der Waals surface area contributed by atoms with Crippen LogP contribution in [0.5, 0.6) is 0 Å². The van der Waals surface area contributed by atoms with Crippen molar-refractivity contribution in [1.29, 1.82) is 0 Å². The molecule has 0 aromatic rings. The largest absolute Gasteiger partial charge is 0.481 e. The molecule has 3 N–H and O–H groups in total. The van der Waals surface area contributed by atoms with Gasteiger partial charge in [0.15, 0.2) is 0 Å². The van der Waals surface area contributed by atoms with Crippen molar-refractivity contribution in [2.75, 3.05) is 6.54 Å². The van der Waals surface area contributed by atoms with Gasteiger partial charge < -0.3 is 15.7 Å². The lowest BCUT2D eigenvalue weighted by Gasteiger charge is -2.23. The van der Waals surface area contributed by atoms with Crippen LogP contribution < -0.4 is 10.6 Å². The van der Waals surface area contributed by atoms with Crippen LogP contribution in [0.25, 0.3) is 0 Å². The first-order chi connectivity index (χ1) is 8.41. The van der Waals surface area contributed by atoms with Gasteiger partial charge >= 0.3 is 5.97 Å². The zero-order valence-corrected chi connectivity index (χ0v) is 12.3. The Kier molecular flexibility index (Phi) is 5.99. The first-order valence-electron chi connectivity index (χ1n) is 6.21. The van der Waals surface area contributed by atoms with Gasteiger partial charge in [0.2, 0.25) is 11.8 Å². The lowest BCUT2D eigenvalue weighted by Crippen LogP contribution is -2.46. The SMILES string of the molecule is CC(C)(CC(=O)O)CC(=O)NCC(=O)NC(C)(C)C. The highest BCUT2D eigenvalue weighted by Gasteiger charge is 2.25. The second-order valence-corrected chi connectivity index (χ2v) is 6.49. The van der Waals surface area contributed by atoms with Crippen LogP contribution in [0.15, 0.2) is 0 Å². The van der Waals surface area contributed by atoms with Gasteiger partial charge in [-0.3, -0.25) is 14.4 Å². The molecule has 0 aliphatic rings. The third-order valence-electron chi connectivity index (χ3n) is 2.23. The molecule has 0 saturated carbocycles. The molecule has 0 saturated heterocycles. The number of hydrogen-bond donors (Lipinski definition) is 3. The second kappa shape index (κ2) is 6.54. The molecule has 0 radical (unpaired) electrons. The molecule has 0 fully saturated rings. The number of aliphatic carboxylic acids is 1. The highest BCUT2D eigenvalue weighted by atomic mass is 16.4. The Balaban J connectivity index is 4.13. The summed E-state index contributed by atoms with van der Waals surface area (Å²) in [5.74, 6) is -1.53. The summed E-state index contributed by atoms with van der Waals surface area (Å²) in [7, 11) is 0. The molecular formula is C13H24N2O4. The van der Waals surface area contributed by atoms with E-state index in [4.69, 9.17) is 5.11 Å². The summed E-state index contributed by atoms with van der Waals surface area (Å²) < 4.78 is 0. The fourth-order valence-corrected chi connectivity index (χ4v) is 1.61. The summed E-state index contributed by atoms with van der Waals surface area (Å²) in [6, 6.07) is 0. The van der Waals surface area contributed by atoms with E-state index < -0.39 is 11.4 Å². The van der Waals surface area contributed by atoms with Crippen LogP contribution in [0.3, 0.4) is 0 Å². The molecular weight excluding hydrogens is 248 g/mol. The van der Waals surface area contributed by atoms with Crippen LogP contribution >= 0.6 is 0 Å². The van der Waals surface area contributed by atoms with Gasteiger partial charge in [0.25, 0.3) is 0 Å². The summed E-state index contributed by atoms with van der Waals surface area (Å²) in [6.07, 6.45) is -0.0172. The molecule has 0 aliphatic heterocycles. The molecule has 0 aromatic carbocycles. The number of rotatable bonds is 6. The molecule has 6 heteroatoms. The van der Waals surface area contributed by atoms with E-state index in [0.29, 0.717) is 0 Å². The third kappa shape index (κ3) is 10.1. The van der Waals surface area contributed by atoms with Gasteiger partial charge in [0.1, 0.15) is 0 Å². The average molecular weight is 272 g/mol. The van der Waals surface area contributed by atoms with Crippen molar-refractivity contribution in [3.05, 3.63) is 0 Å². The first-order valence-corrected chi connectivity index (χ1v) is 6.21. The van der Waals surface area contributed by atoms with Gasteiger partial charge in [-0.15, -0.1) is 0 Å². The van der Waals surface area contributed by atoms with Crippen LogP contribution in [-0.2, 0) is 14.4 Å². The molecule has 2 amide bonds. The molecule has 0 aliphatic carbocycles. The van der Waals surface area contributed by atoms with Gasteiger partial charge in [-0.2, -0.15) is 0 Å². The van der Waals surface area contributed by atoms with Gasteiger partial charge in [-0.25, -0.2) is 0 Å². The normalized spacial score (nSPS) is 11.8. The number of carboxylic acids is 1. The monoisotopic (exact) mass is 272 g/mol.